The fourth-order valence-electron chi connectivity index (χ4n) is 2.34. The van der Waals surface area contributed by atoms with Gasteiger partial charge in [-0.25, -0.2) is 4.79 Å². The van der Waals surface area contributed by atoms with Crippen LogP contribution in [0.1, 0.15) is 20.3 Å². The van der Waals surface area contributed by atoms with Crippen molar-refractivity contribution in [3.05, 3.63) is 42.5 Å². The maximum atomic E-state index is 12.4. The van der Waals surface area contributed by atoms with Gasteiger partial charge in [-0.15, -0.1) is 0 Å². The quantitative estimate of drug-likeness (QED) is 0.793. The summed E-state index contributed by atoms with van der Waals surface area (Å²) in [7, 11) is 0. The third-order valence-corrected chi connectivity index (χ3v) is 3.81. The summed E-state index contributed by atoms with van der Waals surface area (Å²) >= 11 is 0. The molecule has 4 N–H and O–H groups in total. The molecule has 0 saturated heterocycles. The van der Waals surface area contributed by atoms with E-state index in [1.807, 2.05) is 56.3 Å². The molecule has 2 unspecified atom stereocenters. The van der Waals surface area contributed by atoms with E-state index in [1.54, 1.807) is 0 Å². The Labute approximate surface area is 129 Å². The van der Waals surface area contributed by atoms with Crippen molar-refractivity contribution < 1.29 is 9.59 Å². The van der Waals surface area contributed by atoms with E-state index < -0.39 is 12.1 Å². The highest BCUT2D eigenvalue weighted by molar-refractivity contribution is 5.98. The van der Waals surface area contributed by atoms with Gasteiger partial charge in [-0.05, 0) is 28.8 Å². The maximum absolute atomic E-state index is 12.4. The zero-order valence-electron chi connectivity index (χ0n) is 12.8. The van der Waals surface area contributed by atoms with Gasteiger partial charge < -0.3 is 16.4 Å². The molecule has 0 heterocycles. The highest BCUT2D eigenvalue weighted by Gasteiger charge is 2.25. The summed E-state index contributed by atoms with van der Waals surface area (Å²) in [6.07, 6.45) is 0.760. The molecule has 0 aliphatic carbocycles. The molecule has 3 amide bonds. The molecule has 0 aliphatic rings. The number of hydrogen-bond donors (Lipinski definition) is 3. The largest absolute Gasteiger partial charge is 0.352 e. The molecule has 2 aromatic carbocycles. The highest BCUT2D eigenvalue weighted by Crippen LogP contribution is 2.19. The molecule has 116 valence electrons. The molecule has 0 aromatic heterocycles. The predicted molar refractivity (Wildman–Crippen MR) is 88.5 cm³/mol. The van der Waals surface area contributed by atoms with Crippen molar-refractivity contribution in [2.24, 2.45) is 11.7 Å². The zero-order valence-corrected chi connectivity index (χ0v) is 12.8. The zero-order chi connectivity index (χ0) is 16.1. The van der Waals surface area contributed by atoms with Crippen LogP contribution >= 0.6 is 0 Å². The molecule has 0 fully saturated rings. The Balaban J connectivity index is 2.18. The number of rotatable bonds is 5. The molecule has 22 heavy (non-hydrogen) atoms. The van der Waals surface area contributed by atoms with Gasteiger partial charge in [0.1, 0.15) is 6.04 Å². The van der Waals surface area contributed by atoms with E-state index in [9.17, 15) is 9.59 Å². The van der Waals surface area contributed by atoms with E-state index in [2.05, 4.69) is 10.6 Å². The first kappa shape index (κ1) is 15.8. The number of hydrogen-bond acceptors (Lipinski definition) is 2. The average Bonchev–Trinajstić information content (AvgIpc) is 2.51. The molecule has 0 aliphatic heterocycles. The molecule has 5 nitrogen and oxygen atoms in total. The second-order valence-electron chi connectivity index (χ2n) is 5.42. The molecule has 5 heteroatoms. The molecule has 0 saturated carbocycles. The maximum Gasteiger partial charge on any atom is 0.312 e. The lowest BCUT2D eigenvalue weighted by Crippen LogP contribution is -2.49. The first-order valence-corrected chi connectivity index (χ1v) is 7.37. The number of primary amides is 1. The van der Waals surface area contributed by atoms with Crippen molar-refractivity contribution in [2.75, 3.05) is 5.32 Å². The number of carbonyl (C=O) groups is 2. The topological polar surface area (TPSA) is 84.2 Å². The minimum Gasteiger partial charge on any atom is -0.352 e. The number of nitrogens with two attached hydrogens (primary N) is 1. The summed E-state index contributed by atoms with van der Waals surface area (Å²) < 4.78 is 0. The molecule has 2 rings (SSSR count). The lowest BCUT2D eigenvalue weighted by molar-refractivity contribution is -0.119. The first-order chi connectivity index (χ1) is 10.5. The third kappa shape index (κ3) is 3.75. The van der Waals surface area contributed by atoms with Gasteiger partial charge in [0.25, 0.3) is 0 Å². The molecular weight excluding hydrogens is 278 g/mol. The van der Waals surface area contributed by atoms with E-state index in [0.717, 1.165) is 17.2 Å². The lowest BCUT2D eigenvalue weighted by Gasteiger charge is -2.22. The van der Waals surface area contributed by atoms with Crippen molar-refractivity contribution >= 4 is 28.4 Å². The van der Waals surface area contributed by atoms with Crippen molar-refractivity contribution in [1.82, 2.24) is 5.32 Å². The van der Waals surface area contributed by atoms with Crippen LogP contribution in [0.3, 0.4) is 0 Å². The van der Waals surface area contributed by atoms with Crippen LogP contribution in [0.15, 0.2) is 42.5 Å². The molecular formula is C17H21N3O2. The van der Waals surface area contributed by atoms with Crippen molar-refractivity contribution in [2.45, 2.75) is 26.3 Å². The standard InChI is InChI=1S/C17H21N3O2/c1-3-11(2)15(20-17(18)22)16(21)19-14-9-8-12-6-4-5-7-13(12)10-14/h4-11,15H,3H2,1-2H3,(H,19,21)(H3,18,20,22). The summed E-state index contributed by atoms with van der Waals surface area (Å²) in [4.78, 5) is 23.5. The van der Waals surface area contributed by atoms with Gasteiger partial charge in [0.05, 0.1) is 0 Å². The second-order valence-corrected chi connectivity index (χ2v) is 5.42. The van der Waals surface area contributed by atoms with Gasteiger partial charge in [0, 0.05) is 5.69 Å². The van der Waals surface area contributed by atoms with E-state index in [1.165, 1.54) is 0 Å². The van der Waals surface area contributed by atoms with Gasteiger partial charge >= 0.3 is 6.03 Å². The van der Waals surface area contributed by atoms with Crippen LogP contribution in [0.25, 0.3) is 10.8 Å². The molecule has 0 bridgehead atoms. The summed E-state index contributed by atoms with van der Waals surface area (Å²) in [5.74, 6) is -0.267. The van der Waals surface area contributed by atoms with Gasteiger partial charge in [-0.3, -0.25) is 4.79 Å². The third-order valence-electron chi connectivity index (χ3n) is 3.81. The SMILES string of the molecule is CCC(C)C(NC(N)=O)C(=O)Nc1ccc2ccccc2c1. The molecule has 0 radical (unpaired) electrons. The van der Waals surface area contributed by atoms with Crippen molar-refractivity contribution in [3.8, 4) is 0 Å². The number of fused-ring (bicyclic) bond motifs is 1. The minimum absolute atomic E-state index is 0.00652. The Hall–Kier alpha value is -2.56. The summed E-state index contributed by atoms with van der Waals surface area (Å²) in [5.41, 5.74) is 5.86. The Morgan fingerprint density at radius 3 is 2.45 bits per heavy atom. The van der Waals surface area contributed by atoms with E-state index >= 15 is 0 Å². The van der Waals surface area contributed by atoms with Crippen LogP contribution in [-0.2, 0) is 4.79 Å². The number of amides is 3. The van der Waals surface area contributed by atoms with Crippen LogP contribution in [-0.4, -0.2) is 18.0 Å². The van der Waals surface area contributed by atoms with E-state index in [-0.39, 0.29) is 11.8 Å². The van der Waals surface area contributed by atoms with Crippen molar-refractivity contribution in [1.29, 1.82) is 0 Å². The van der Waals surface area contributed by atoms with Gasteiger partial charge in [0.2, 0.25) is 5.91 Å². The van der Waals surface area contributed by atoms with E-state index in [0.29, 0.717) is 5.69 Å². The first-order valence-electron chi connectivity index (χ1n) is 7.37. The summed E-state index contributed by atoms with van der Waals surface area (Å²) in [6, 6.07) is 12.3. The predicted octanol–water partition coefficient (Wildman–Crippen LogP) is 2.86. The summed E-state index contributed by atoms with van der Waals surface area (Å²) in [5, 5.41) is 7.51. The Kier molecular flexibility index (Phi) is 4.99. The number of nitrogens with one attached hydrogen (secondary N) is 2. The number of benzene rings is 2. The smallest absolute Gasteiger partial charge is 0.312 e. The Morgan fingerprint density at radius 2 is 1.82 bits per heavy atom. The molecule has 0 spiro atoms. The van der Waals surface area contributed by atoms with Crippen molar-refractivity contribution in [3.63, 3.8) is 0 Å². The molecule has 2 aromatic rings. The number of carbonyl (C=O) groups excluding carboxylic acids is 2. The van der Waals surface area contributed by atoms with Gasteiger partial charge in [0.15, 0.2) is 0 Å². The normalized spacial score (nSPS) is 13.4. The van der Waals surface area contributed by atoms with Crippen LogP contribution in [0, 0.1) is 5.92 Å². The van der Waals surface area contributed by atoms with Crippen LogP contribution in [0.2, 0.25) is 0 Å². The van der Waals surface area contributed by atoms with Crippen LogP contribution < -0.4 is 16.4 Å². The lowest BCUT2D eigenvalue weighted by atomic mass is 9.98. The van der Waals surface area contributed by atoms with Crippen LogP contribution in [0.4, 0.5) is 10.5 Å². The highest BCUT2D eigenvalue weighted by atomic mass is 16.2. The summed E-state index contributed by atoms with van der Waals surface area (Å²) in [6.45, 7) is 3.87. The second kappa shape index (κ2) is 6.93. The van der Waals surface area contributed by atoms with Crippen LogP contribution in [0.5, 0.6) is 0 Å². The number of anilines is 1. The fourth-order valence-corrected chi connectivity index (χ4v) is 2.34. The average molecular weight is 299 g/mol. The number of urea groups is 1. The molecule has 2 atom stereocenters. The Morgan fingerprint density at radius 1 is 1.14 bits per heavy atom. The minimum atomic E-state index is -0.695. The Bertz CT molecular complexity index is 684. The van der Waals surface area contributed by atoms with Gasteiger partial charge in [-0.2, -0.15) is 0 Å². The van der Waals surface area contributed by atoms with Gasteiger partial charge in [-0.1, -0.05) is 50.6 Å². The van der Waals surface area contributed by atoms with E-state index in [4.69, 9.17) is 5.73 Å². The fraction of sp³-hybridized carbons (Fsp3) is 0.294. The monoisotopic (exact) mass is 299 g/mol.